The van der Waals surface area contributed by atoms with E-state index in [9.17, 15) is 4.79 Å². The monoisotopic (exact) mass is 198 g/mol. The normalized spacial score (nSPS) is 22.8. The first-order valence-corrected chi connectivity index (χ1v) is 5.78. The fraction of sp³-hybridized carbons (Fsp3) is 0.917. The molecule has 2 nitrogen and oxygen atoms in total. The molecule has 0 spiro atoms. The summed E-state index contributed by atoms with van der Waals surface area (Å²) in [5.74, 6) is 0.435. The number of esters is 1. The average molecular weight is 198 g/mol. The second-order valence-electron chi connectivity index (χ2n) is 4.59. The summed E-state index contributed by atoms with van der Waals surface area (Å²) in [5, 5.41) is 0. The average Bonchev–Trinajstić information content (AvgIpc) is 2.18. The van der Waals surface area contributed by atoms with E-state index < -0.39 is 0 Å². The summed E-state index contributed by atoms with van der Waals surface area (Å²) in [6.45, 7) is 5.71. The van der Waals surface area contributed by atoms with Crippen LogP contribution in [0.4, 0.5) is 0 Å². The van der Waals surface area contributed by atoms with Gasteiger partial charge in [0.05, 0.1) is 0 Å². The molecule has 0 amide bonds. The number of carbonyl (C=O) groups excluding carboxylic acids is 1. The van der Waals surface area contributed by atoms with Gasteiger partial charge in [0.25, 0.3) is 0 Å². The fourth-order valence-electron chi connectivity index (χ4n) is 2.49. The molecule has 0 aromatic carbocycles. The van der Waals surface area contributed by atoms with Gasteiger partial charge < -0.3 is 4.74 Å². The molecule has 1 aliphatic rings. The Balaban J connectivity index is 2.61. The van der Waals surface area contributed by atoms with E-state index in [2.05, 4.69) is 13.8 Å². The van der Waals surface area contributed by atoms with Crippen LogP contribution in [0.25, 0.3) is 0 Å². The van der Waals surface area contributed by atoms with Gasteiger partial charge in [-0.15, -0.1) is 0 Å². The van der Waals surface area contributed by atoms with Crippen molar-refractivity contribution in [1.82, 2.24) is 0 Å². The summed E-state index contributed by atoms with van der Waals surface area (Å²) < 4.78 is 5.49. The first kappa shape index (κ1) is 11.5. The molecule has 1 fully saturated rings. The Morgan fingerprint density at radius 3 is 2.36 bits per heavy atom. The molecule has 82 valence electrons. The molecule has 0 aromatic heterocycles. The van der Waals surface area contributed by atoms with E-state index in [1.54, 1.807) is 0 Å². The highest BCUT2D eigenvalue weighted by molar-refractivity contribution is 5.66. The van der Waals surface area contributed by atoms with Crippen LogP contribution in [0, 0.1) is 5.92 Å². The van der Waals surface area contributed by atoms with Gasteiger partial charge in [0.2, 0.25) is 0 Å². The van der Waals surface area contributed by atoms with E-state index in [0.717, 1.165) is 6.42 Å². The number of carbonyl (C=O) groups is 1. The smallest absolute Gasteiger partial charge is 0.303 e. The second kappa shape index (κ2) is 4.81. The van der Waals surface area contributed by atoms with Crippen LogP contribution in [-0.4, -0.2) is 11.6 Å². The summed E-state index contributed by atoms with van der Waals surface area (Å²) >= 11 is 0. The quantitative estimate of drug-likeness (QED) is 0.650. The number of hydrogen-bond donors (Lipinski definition) is 0. The highest BCUT2D eigenvalue weighted by atomic mass is 16.6. The van der Waals surface area contributed by atoms with Crippen molar-refractivity contribution >= 4 is 5.97 Å². The number of ether oxygens (including phenoxy) is 1. The van der Waals surface area contributed by atoms with Gasteiger partial charge in [0.15, 0.2) is 0 Å². The molecule has 0 radical (unpaired) electrons. The maximum absolute atomic E-state index is 11.0. The Morgan fingerprint density at radius 1 is 1.36 bits per heavy atom. The van der Waals surface area contributed by atoms with Gasteiger partial charge >= 0.3 is 5.97 Å². The lowest BCUT2D eigenvalue weighted by molar-refractivity contribution is -0.163. The van der Waals surface area contributed by atoms with E-state index in [1.807, 2.05) is 0 Å². The SMILES string of the molecule is CCC(C)(OC(C)=O)C1CCCCC1. The Hall–Kier alpha value is -0.530. The third-order valence-corrected chi connectivity index (χ3v) is 3.55. The van der Waals surface area contributed by atoms with Gasteiger partial charge in [-0.2, -0.15) is 0 Å². The van der Waals surface area contributed by atoms with Crippen molar-refractivity contribution in [2.45, 2.75) is 64.9 Å². The molecule has 1 unspecified atom stereocenters. The number of hydrogen-bond acceptors (Lipinski definition) is 2. The molecule has 14 heavy (non-hydrogen) atoms. The zero-order chi connectivity index (χ0) is 10.6. The Morgan fingerprint density at radius 2 is 1.93 bits per heavy atom. The summed E-state index contributed by atoms with van der Waals surface area (Å²) in [6.07, 6.45) is 7.30. The molecule has 0 aromatic rings. The molecule has 2 heteroatoms. The first-order chi connectivity index (χ1) is 6.58. The van der Waals surface area contributed by atoms with Gasteiger partial charge in [0.1, 0.15) is 5.60 Å². The van der Waals surface area contributed by atoms with Crippen molar-refractivity contribution < 1.29 is 9.53 Å². The third-order valence-electron chi connectivity index (χ3n) is 3.55. The molecule has 0 N–H and O–H groups in total. The van der Waals surface area contributed by atoms with Crippen molar-refractivity contribution in [3.8, 4) is 0 Å². The van der Waals surface area contributed by atoms with Crippen LogP contribution in [-0.2, 0) is 9.53 Å². The molecule has 1 atom stereocenters. The van der Waals surface area contributed by atoms with Gasteiger partial charge in [-0.1, -0.05) is 26.2 Å². The highest BCUT2D eigenvalue weighted by Gasteiger charge is 2.36. The summed E-state index contributed by atoms with van der Waals surface area (Å²) in [4.78, 5) is 11.0. The van der Waals surface area contributed by atoms with E-state index in [1.165, 1.54) is 39.0 Å². The largest absolute Gasteiger partial charge is 0.459 e. The van der Waals surface area contributed by atoms with Gasteiger partial charge in [-0.3, -0.25) is 4.79 Å². The molecule has 1 saturated carbocycles. The number of rotatable bonds is 3. The second-order valence-corrected chi connectivity index (χ2v) is 4.59. The zero-order valence-electron chi connectivity index (χ0n) is 9.64. The van der Waals surface area contributed by atoms with Gasteiger partial charge in [-0.05, 0) is 32.1 Å². The minimum atomic E-state index is -0.216. The van der Waals surface area contributed by atoms with Crippen molar-refractivity contribution in [3.05, 3.63) is 0 Å². The van der Waals surface area contributed by atoms with Crippen LogP contribution >= 0.6 is 0 Å². The minimum Gasteiger partial charge on any atom is -0.459 e. The van der Waals surface area contributed by atoms with Crippen LogP contribution in [0.3, 0.4) is 0 Å². The predicted molar refractivity (Wildman–Crippen MR) is 57.0 cm³/mol. The van der Waals surface area contributed by atoms with E-state index in [-0.39, 0.29) is 11.6 Å². The molecule has 1 aliphatic carbocycles. The topological polar surface area (TPSA) is 26.3 Å². The Kier molecular flexibility index (Phi) is 3.97. The lowest BCUT2D eigenvalue weighted by Gasteiger charge is -2.38. The van der Waals surface area contributed by atoms with E-state index in [0.29, 0.717) is 5.92 Å². The van der Waals surface area contributed by atoms with Gasteiger partial charge in [-0.25, -0.2) is 0 Å². The molecular formula is C12H22O2. The lowest BCUT2D eigenvalue weighted by Crippen LogP contribution is -2.39. The van der Waals surface area contributed by atoms with Crippen molar-refractivity contribution in [2.24, 2.45) is 5.92 Å². The predicted octanol–water partition coefficient (Wildman–Crippen LogP) is 3.30. The van der Waals surface area contributed by atoms with Crippen molar-refractivity contribution in [2.75, 3.05) is 0 Å². The minimum absolute atomic E-state index is 0.139. The maximum Gasteiger partial charge on any atom is 0.303 e. The molecule has 0 aliphatic heterocycles. The summed E-state index contributed by atoms with van der Waals surface area (Å²) in [6, 6.07) is 0. The van der Waals surface area contributed by atoms with Crippen LogP contribution in [0.15, 0.2) is 0 Å². The summed E-state index contributed by atoms with van der Waals surface area (Å²) in [7, 11) is 0. The Labute approximate surface area is 87.0 Å². The molecular weight excluding hydrogens is 176 g/mol. The zero-order valence-corrected chi connectivity index (χ0v) is 9.64. The first-order valence-electron chi connectivity index (χ1n) is 5.78. The maximum atomic E-state index is 11.0. The summed E-state index contributed by atoms with van der Waals surface area (Å²) in [5.41, 5.74) is -0.216. The third kappa shape index (κ3) is 2.73. The van der Waals surface area contributed by atoms with Gasteiger partial charge in [0, 0.05) is 6.92 Å². The van der Waals surface area contributed by atoms with Crippen molar-refractivity contribution in [1.29, 1.82) is 0 Å². The standard InChI is InChI=1S/C12H22O2/c1-4-12(3,14-10(2)13)11-8-6-5-7-9-11/h11H,4-9H2,1-3H3. The van der Waals surface area contributed by atoms with Crippen LogP contribution in [0.2, 0.25) is 0 Å². The molecule has 0 heterocycles. The molecule has 1 rings (SSSR count). The van der Waals surface area contributed by atoms with Crippen LogP contribution in [0.1, 0.15) is 59.3 Å². The fourth-order valence-corrected chi connectivity index (χ4v) is 2.49. The van der Waals surface area contributed by atoms with Crippen molar-refractivity contribution in [3.63, 3.8) is 0 Å². The van der Waals surface area contributed by atoms with E-state index >= 15 is 0 Å². The highest BCUT2D eigenvalue weighted by Crippen LogP contribution is 2.37. The lowest BCUT2D eigenvalue weighted by atomic mass is 9.76. The van der Waals surface area contributed by atoms with Crippen LogP contribution in [0.5, 0.6) is 0 Å². The molecule has 0 bridgehead atoms. The Bertz CT molecular complexity index is 194. The van der Waals surface area contributed by atoms with E-state index in [4.69, 9.17) is 4.74 Å². The molecule has 0 saturated heterocycles. The van der Waals surface area contributed by atoms with Crippen LogP contribution < -0.4 is 0 Å².